The number of hydrogen-bond donors (Lipinski definition) is 0. The monoisotopic (exact) mass is 158 g/mol. The van der Waals surface area contributed by atoms with Crippen LogP contribution < -0.4 is 0 Å². The first-order valence-corrected chi connectivity index (χ1v) is 3.77. The van der Waals surface area contributed by atoms with Gasteiger partial charge < -0.3 is 4.52 Å². The normalized spacial score (nSPS) is 10.3. The SMILES string of the molecule is C=CCc1cccc2on[c]c12. The van der Waals surface area contributed by atoms with Gasteiger partial charge in [-0.25, -0.2) is 0 Å². The molecule has 0 aliphatic rings. The molecule has 1 aromatic heterocycles. The summed E-state index contributed by atoms with van der Waals surface area (Å²) in [4.78, 5) is 0. The van der Waals surface area contributed by atoms with Crippen LogP contribution in [0.5, 0.6) is 0 Å². The molecule has 1 radical (unpaired) electrons. The van der Waals surface area contributed by atoms with E-state index in [9.17, 15) is 0 Å². The Labute approximate surface area is 70.5 Å². The molecule has 2 aromatic rings. The molecule has 0 amide bonds. The highest BCUT2D eigenvalue weighted by atomic mass is 16.5. The van der Waals surface area contributed by atoms with Crippen molar-refractivity contribution in [2.24, 2.45) is 0 Å². The molecule has 0 aliphatic carbocycles. The van der Waals surface area contributed by atoms with Crippen LogP contribution in [-0.2, 0) is 6.42 Å². The highest BCUT2D eigenvalue weighted by molar-refractivity contribution is 5.79. The molecule has 0 aliphatic heterocycles. The minimum Gasteiger partial charge on any atom is -0.356 e. The number of aromatic nitrogens is 1. The molecule has 59 valence electrons. The van der Waals surface area contributed by atoms with E-state index in [0.29, 0.717) is 0 Å². The van der Waals surface area contributed by atoms with E-state index >= 15 is 0 Å². The van der Waals surface area contributed by atoms with Crippen molar-refractivity contribution in [3.05, 3.63) is 42.6 Å². The van der Waals surface area contributed by atoms with Crippen molar-refractivity contribution in [3.8, 4) is 0 Å². The quantitative estimate of drug-likeness (QED) is 0.627. The van der Waals surface area contributed by atoms with Crippen LogP contribution in [-0.4, -0.2) is 5.16 Å². The molecule has 1 aromatic carbocycles. The van der Waals surface area contributed by atoms with Crippen LogP contribution in [0, 0.1) is 6.20 Å². The summed E-state index contributed by atoms with van der Waals surface area (Å²) < 4.78 is 4.97. The van der Waals surface area contributed by atoms with E-state index in [0.717, 1.165) is 23.0 Å². The fourth-order valence-electron chi connectivity index (χ4n) is 1.22. The third kappa shape index (κ3) is 1.01. The minimum absolute atomic E-state index is 0.786. The third-order valence-electron chi connectivity index (χ3n) is 1.78. The minimum atomic E-state index is 0.786. The molecule has 0 saturated heterocycles. The van der Waals surface area contributed by atoms with E-state index in [1.165, 1.54) is 0 Å². The molecule has 12 heavy (non-hydrogen) atoms. The maximum Gasteiger partial charge on any atom is 0.167 e. The summed E-state index contributed by atoms with van der Waals surface area (Å²) >= 11 is 0. The molecule has 0 N–H and O–H groups in total. The third-order valence-corrected chi connectivity index (χ3v) is 1.78. The smallest absolute Gasteiger partial charge is 0.167 e. The lowest BCUT2D eigenvalue weighted by molar-refractivity contribution is 0.454. The summed E-state index contributed by atoms with van der Waals surface area (Å²) in [7, 11) is 0. The van der Waals surface area contributed by atoms with E-state index < -0.39 is 0 Å². The van der Waals surface area contributed by atoms with E-state index in [1.807, 2.05) is 24.3 Å². The van der Waals surface area contributed by atoms with Crippen LogP contribution in [0.25, 0.3) is 11.0 Å². The Morgan fingerprint density at radius 2 is 2.50 bits per heavy atom. The fraction of sp³-hybridized carbons (Fsp3) is 0.100. The lowest BCUT2D eigenvalue weighted by Gasteiger charge is -1.94. The number of rotatable bonds is 2. The zero-order chi connectivity index (χ0) is 8.39. The van der Waals surface area contributed by atoms with Gasteiger partial charge in [0.15, 0.2) is 5.58 Å². The second kappa shape index (κ2) is 2.81. The number of hydrogen-bond acceptors (Lipinski definition) is 2. The summed E-state index contributed by atoms with van der Waals surface area (Å²) in [6, 6.07) is 5.85. The largest absolute Gasteiger partial charge is 0.356 e. The maximum absolute atomic E-state index is 4.97. The zero-order valence-electron chi connectivity index (χ0n) is 6.58. The summed E-state index contributed by atoms with van der Waals surface area (Å²) in [5.74, 6) is 0. The first kappa shape index (κ1) is 7.10. The molecule has 0 bridgehead atoms. The average Bonchev–Trinajstić information content (AvgIpc) is 2.53. The van der Waals surface area contributed by atoms with Crippen LogP contribution in [0.15, 0.2) is 35.4 Å². The van der Waals surface area contributed by atoms with Gasteiger partial charge in [0.25, 0.3) is 0 Å². The second-order valence-electron chi connectivity index (χ2n) is 2.58. The number of benzene rings is 1. The Bertz CT molecular complexity index is 403. The highest BCUT2D eigenvalue weighted by Gasteiger charge is 2.02. The van der Waals surface area contributed by atoms with Gasteiger partial charge in [0.1, 0.15) is 6.20 Å². The molecule has 2 heteroatoms. The molecule has 0 spiro atoms. The molecule has 0 fully saturated rings. The van der Waals surface area contributed by atoms with Crippen molar-refractivity contribution in [3.63, 3.8) is 0 Å². The Morgan fingerprint density at radius 1 is 1.58 bits per heavy atom. The second-order valence-corrected chi connectivity index (χ2v) is 2.58. The van der Waals surface area contributed by atoms with Crippen molar-refractivity contribution in [1.82, 2.24) is 5.16 Å². The fourth-order valence-corrected chi connectivity index (χ4v) is 1.22. The molecule has 0 saturated carbocycles. The molecular formula is C10H8NO. The van der Waals surface area contributed by atoms with Crippen LogP contribution in [0.1, 0.15) is 5.56 Å². The van der Waals surface area contributed by atoms with Crippen LogP contribution in [0.3, 0.4) is 0 Å². The Balaban J connectivity index is 2.65. The van der Waals surface area contributed by atoms with Crippen LogP contribution >= 0.6 is 0 Å². The predicted molar refractivity (Wildman–Crippen MR) is 46.7 cm³/mol. The van der Waals surface area contributed by atoms with Gasteiger partial charge in [-0.15, -0.1) is 6.58 Å². The Morgan fingerprint density at radius 3 is 3.33 bits per heavy atom. The van der Waals surface area contributed by atoms with Crippen molar-refractivity contribution in [2.45, 2.75) is 6.42 Å². The maximum atomic E-state index is 4.97. The molecule has 2 rings (SSSR count). The Kier molecular flexibility index (Phi) is 1.67. The van der Waals surface area contributed by atoms with Crippen LogP contribution in [0.2, 0.25) is 0 Å². The molecule has 0 atom stereocenters. The molecule has 0 unspecified atom stereocenters. The predicted octanol–water partition coefficient (Wildman–Crippen LogP) is 2.36. The van der Waals surface area contributed by atoms with Gasteiger partial charge in [0.05, 0.1) is 5.39 Å². The zero-order valence-corrected chi connectivity index (χ0v) is 6.58. The van der Waals surface area contributed by atoms with Gasteiger partial charge in [-0.2, -0.15) is 0 Å². The number of nitrogens with zero attached hydrogens (tertiary/aromatic N) is 1. The lowest BCUT2D eigenvalue weighted by Crippen LogP contribution is -1.80. The van der Waals surface area contributed by atoms with E-state index in [-0.39, 0.29) is 0 Å². The molecule has 2 nitrogen and oxygen atoms in total. The number of allylic oxidation sites excluding steroid dienone is 1. The highest BCUT2D eigenvalue weighted by Crippen LogP contribution is 2.17. The lowest BCUT2D eigenvalue weighted by atomic mass is 10.1. The van der Waals surface area contributed by atoms with Crippen molar-refractivity contribution >= 4 is 11.0 Å². The topological polar surface area (TPSA) is 26.0 Å². The first-order valence-electron chi connectivity index (χ1n) is 3.77. The van der Waals surface area contributed by atoms with Gasteiger partial charge in [0, 0.05) is 0 Å². The standard InChI is InChI=1S/C10H8NO/c1-2-4-8-5-3-6-10-9(8)7-11-12-10/h2-3,5-6H,1,4H2. The summed E-state index contributed by atoms with van der Waals surface area (Å²) in [5, 5.41) is 4.57. The van der Waals surface area contributed by atoms with Gasteiger partial charge in [-0.05, 0) is 18.1 Å². The van der Waals surface area contributed by atoms with Crippen molar-refractivity contribution in [1.29, 1.82) is 0 Å². The van der Waals surface area contributed by atoms with E-state index in [1.54, 1.807) is 0 Å². The summed E-state index contributed by atoms with van der Waals surface area (Å²) in [6.45, 7) is 3.68. The van der Waals surface area contributed by atoms with Gasteiger partial charge in [-0.1, -0.05) is 23.4 Å². The van der Waals surface area contributed by atoms with E-state index in [2.05, 4.69) is 17.9 Å². The van der Waals surface area contributed by atoms with Crippen molar-refractivity contribution < 1.29 is 4.52 Å². The van der Waals surface area contributed by atoms with Gasteiger partial charge in [-0.3, -0.25) is 0 Å². The van der Waals surface area contributed by atoms with E-state index in [4.69, 9.17) is 4.52 Å². The van der Waals surface area contributed by atoms with Gasteiger partial charge in [0.2, 0.25) is 0 Å². The average molecular weight is 158 g/mol. The molecular weight excluding hydrogens is 150 g/mol. The molecule has 1 heterocycles. The Hall–Kier alpha value is -1.57. The van der Waals surface area contributed by atoms with Gasteiger partial charge >= 0.3 is 0 Å². The van der Waals surface area contributed by atoms with Crippen molar-refractivity contribution in [2.75, 3.05) is 0 Å². The number of fused-ring (bicyclic) bond motifs is 1. The van der Waals surface area contributed by atoms with Crippen LogP contribution in [0.4, 0.5) is 0 Å². The summed E-state index contributed by atoms with van der Waals surface area (Å²) in [6.07, 6.45) is 5.49. The first-order chi connectivity index (χ1) is 5.92. The summed E-state index contributed by atoms with van der Waals surface area (Å²) in [5.41, 5.74) is 1.94.